The van der Waals surface area contributed by atoms with Crippen LogP contribution in [0.5, 0.6) is 0 Å². The molecule has 2 heterocycles. The molecule has 3 atom stereocenters. The van der Waals surface area contributed by atoms with Crippen molar-refractivity contribution in [1.29, 1.82) is 0 Å². The number of rotatable bonds is 3. The Morgan fingerprint density at radius 1 is 1.04 bits per heavy atom. The van der Waals surface area contributed by atoms with E-state index in [1.54, 1.807) is 11.3 Å². The molecule has 2 fully saturated rings. The number of hydrogen-bond acceptors (Lipinski definition) is 4. The molecule has 0 unspecified atom stereocenters. The number of nitrogens with one attached hydrogen (secondary N) is 1. The number of carbonyl (C=O) groups is 1. The number of amides is 1. The smallest absolute Gasteiger partial charge is 0.251 e. The second-order valence-corrected chi connectivity index (χ2v) is 7.30. The Labute approximate surface area is 145 Å². The molecule has 24 heavy (non-hydrogen) atoms. The van der Waals surface area contributed by atoms with Crippen LogP contribution in [-0.2, 0) is 9.47 Å². The highest BCUT2D eigenvalue weighted by Crippen LogP contribution is 2.27. The predicted molar refractivity (Wildman–Crippen MR) is 94.3 cm³/mol. The average Bonchev–Trinajstić information content (AvgIpc) is 3.16. The number of ether oxygens (including phenoxy) is 2. The molecule has 1 N–H and O–H groups in total. The summed E-state index contributed by atoms with van der Waals surface area (Å²) in [4.78, 5) is 13.7. The molecule has 2 aliphatic rings. The summed E-state index contributed by atoms with van der Waals surface area (Å²) in [6, 6.07) is 12.1. The van der Waals surface area contributed by atoms with Crippen LogP contribution in [0.1, 0.15) is 29.6 Å². The van der Waals surface area contributed by atoms with Crippen molar-refractivity contribution < 1.29 is 14.3 Å². The Morgan fingerprint density at radius 2 is 1.83 bits per heavy atom. The standard InChI is InChI=1S/C19H21NO3S/c21-19(14-5-3-13(4-6-14)18-2-1-11-24-18)20-15-7-8-16-17(12-15)23-10-9-22-16/h1-6,11,15-17H,7-10,12H2,(H,20,21)/t15-,16+,17+/m1/s1. The first-order valence-corrected chi connectivity index (χ1v) is 9.35. The summed E-state index contributed by atoms with van der Waals surface area (Å²) in [6.45, 7) is 1.35. The molecule has 1 saturated carbocycles. The van der Waals surface area contributed by atoms with Crippen LogP contribution in [0.3, 0.4) is 0 Å². The summed E-state index contributed by atoms with van der Waals surface area (Å²) in [5.74, 6) is -0.00657. The van der Waals surface area contributed by atoms with Gasteiger partial charge < -0.3 is 14.8 Å². The molecule has 126 valence electrons. The lowest BCUT2D eigenvalue weighted by atomic mass is 9.89. The van der Waals surface area contributed by atoms with E-state index in [9.17, 15) is 4.79 Å². The quantitative estimate of drug-likeness (QED) is 0.928. The zero-order valence-corrected chi connectivity index (χ0v) is 14.3. The summed E-state index contributed by atoms with van der Waals surface area (Å²) >= 11 is 1.70. The second kappa shape index (κ2) is 7.05. The fourth-order valence-corrected chi connectivity index (χ4v) is 4.23. The highest BCUT2D eigenvalue weighted by molar-refractivity contribution is 7.13. The van der Waals surface area contributed by atoms with Gasteiger partial charge in [0.1, 0.15) is 0 Å². The fraction of sp³-hybridized carbons (Fsp3) is 0.421. The number of thiophene rings is 1. The van der Waals surface area contributed by atoms with Crippen LogP contribution < -0.4 is 5.32 Å². The Hall–Kier alpha value is -1.69. The van der Waals surface area contributed by atoms with Gasteiger partial charge in [-0.15, -0.1) is 11.3 Å². The maximum Gasteiger partial charge on any atom is 0.251 e. The van der Waals surface area contributed by atoms with E-state index in [-0.39, 0.29) is 24.2 Å². The minimum Gasteiger partial charge on any atom is -0.373 e. The van der Waals surface area contributed by atoms with Crippen molar-refractivity contribution in [1.82, 2.24) is 5.32 Å². The van der Waals surface area contributed by atoms with E-state index in [0.717, 1.165) is 24.8 Å². The molecule has 4 nitrogen and oxygen atoms in total. The third kappa shape index (κ3) is 3.38. The van der Waals surface area contributed by atoms with Gasteiger partial charge in [0.15, 0.2) is 0 Å². The van der Waals surface area contributed by atoms with E-state index in [4.69, 9.17) is 9.47 Å². The average molecular weight is 343 g/mol. The largest absolute Gasteiger partial charge is 0.373 e. The summed E-state index contributed by atoms with van der Waals surface area (Å²) < 4.78 is 11.5. The molecular weight excluding hydrogens is 322 g/mol. The second-order valence-electron chi connectivity index (χ2n) is 6.36. The van der Waals surface area contributed by atoms with Gasteiger partial charge in [-0.05, 0) is 48.4 Å². The Balaban J connectivity index is 1.37. The number of fused-ring (bicyclic) bond motifs is 1. The first kappa shape index (κ1) is 15.8. The third-order valence-corrected chi connectivity index (χ3v) is 5.69. The van der Waals surface area contributed by atoms with Crippen LogP contribution in [0.25, 0.3) is 10.4 Å². The van der Waals surface area contributed by atoms with Gasteiger partial charge in [0.25, 0.3) is 5.91 Å². The Bertz CT molecular complexity index is 683. The molecule has 4 rings (SSSR count). The van der Waals surface area contributed by atoms with Gasteiger partial charge >= 0.3 is 0 Å². The number of benzene rings is 1. The van der Waals surface area contributed by atoms with Crippen LogP contribution >= 0.6 is 11.3 Å². The zero-order valence-electron chi connectivity index (χ0n) is 13.4. The van der Waals surface area contributed by atoms with E-state index in [1.807, 2.05) is 30.3 Å². The van der Waals surface area contributed by atoms with E-state index in [1.165, 1.54) is 4.88 Å². The molecule has 1 aliphatic carbocycles. The summed E-state index contributed by atoms with van der Waals surface area (Å²) in [7, 11) is 0. The summed E-state index contributed by atoms with van der Waals surface area (Å²) in [5, 5.41) is 5.21. The van der Waals surface area contributed by atoms with Gasteiger partial charge in [-0.3, -0.25) is 4.79 Å². The zero-order chi connectivity index (χ0) is 16.4. The van der Waals surface area contributed by atoms with Crippen molar-refractivity contribution in [3.8, 4) is 10.4 Å². The van der Waals surface area contributed by atoms with E-state index in [0.29, 0.717) is 18.8 Å². The monoisotopic (exact) mass is 343 g/mol. The molecule has 0 spiro atoms. The molecule has 5 heteroatoms. The lowest BCUT2D eigenvalue weighted by Crippen LogP contribution is -2.49. The minimum absolute atomic E-state index is 0.00657. The maximum absolute atomic E-state index is 12.5. The SMILES string of the molecule is O=C(N[C@@H]1CC[C@@H]2OCCO[C@H]2C1)c1ccc(-c2cccs2)cc1. The van der Waals surface area contributed by atoms with E-state index >= 15 is 0 Å². The molecule has 1 aromatic carbocycles. The van der Waals surface area contributed by atoms with Crippen molar-refractivity contribution in [2.75, 3.05) is 13.2 Å². The molecule has 1 amide bonds. The highest BCUT2D eigenvalue weighted by Gasteiger charge is 2.34. The van der Waals surface area contributed by atoms with Crippen molar-refractivity contribution in [3.05, 3.63) is 47.3 Å². The van der Waals surface area contributed by atoms with Gasteiger partial charge in [-0.25, -0.2) is 0 Å². The number of hydrogen-bond donors (Lipinski definition) is 1. The Morgan fingerprint density at radius 3 is 2.58 bits per heavy atom. The molecule has 2 aromatic rings. The van der Waals surface area contributed by atoms with Crippen LogP contribution in [0.15, 0.2) is 41.8 Å². The Kier molecular flexibility index (Phi) is 4.65. The normalized spacial score (nSPS) is 26.6. The number of carbonyl (C=O) groups excluding carboxylic acids is 1. The van der Waals surface area contributed by atoms with Crippen LogP contribution in [0, 0.1) is 0 Å². The first-order chi connectivity index (χ1) is 11.8. The predicted octanol–water partition coefficient (Wildman–Crippen LogP) is 3.48. The van der Waals surface area contributed by atoms with E-state index in [2.05, 4.69) is 16.8 Å². The molecule has 1 aliphatic heterocycles. The van der Waals surface area contributed by atoms with Crippen molar-refractivity contribution in [2.24, 2.45) is 0 Å². The van der Waals surface area contributed by atoms with Crippen LogP contribution in [0.2, 0.25) is 0 Å². The maximum atomic E-state index is 12.5. The third-order valence-electron chi connectivity index (χ3n) is 4.77. The van der Waals surface area contributed by atoms with Gasteiger partial charge in [0.05, 0.1) is 25.4 Å². The summed E-state index contributed by atoms with van der Waals surface area (Å²) in [5.41, 5.74) is 1.85. The van der Waals surface area contributed by atoms with Crippen molar-refractivity contribution >= 4 is 17.2 Å². The molecule has 1 saturated heterocycles. The van der Waals surface area contributed by atoms with Gasteiger partial charge in [0.2, 0.25) is 0 Å². The minimum atomic E-state index is -0.00657. The highest BCUT2D eigenvalue weighted by atomic mass is 32.1. The van der Waals surface area contributed by atoms with Crippen molar-refractivity contribution in [2.45, 2.75) is 37.5 Å². The topological polar surface area (TPSA) is 47.6 Å². The fourth-order valence-electron chi connectivity index (χ4n) is 3.49. The van der Waals surface area contributed by atoms with Crippen LogP contribution in [0.4, 0.5) is 0 Å². The molecule has 0 bridgehead atoms. The van der Waals surface area contributed by atoms with Gasteiger partial charge in [-0.2, -0.15) is 0 Å². The summed E-state index contributed by atoms with van der Waals surface area (Å²) in [6.07, 6.45) is 3.07. The lowest BCUT2D eigenvalue weighted by molar-refractivity contribution is -0.157. The van der Waals surface area contributed by atoms with Gasteiger partial charge in [-0.1, -0.05) is 18.2 Å². The van der Waals surface area contributed by atoms with Crippen LogP contribution in [-0.4, -0.2) is 37.4 Å². The van der Waals surface area contributed by atoms with Crippen molar-refractivity contribution in [3.63, 3.8) is 0 Å². The molecule has 1 aromatic heterocycles. The molecule has 0 radical (unpaired) electrons. The van der Waals surface area contributed by atoms with E-state index < -0.39 is 0 Å². The van der Waals surface area contributed by atoms with Gasteiger partial charge in [0, 0.05) is 16.5 Å². The first-order valence-electron chi connectivity index (χ1n) is 8.47. The molecular formula is C19H21NO3S. The lowest BCUT2D eigenvalue weighted by Gasteiger charge is -2.39.